The molecular formula is C28H40O4. The van der Waals surface area contributed by atoms with Crippen molar-refractivity contribution >= 4 is 0 Å². The van der Waals surface area contributed by atoms with E-state index in [1.807, 2.05) is 12.1 Å². The van der Waals surface area contributed by atoms with Crippen LogP contribution in [0.4, 0.5) is 0 Å². The number of unbranched alkanes of at least 4 members (excludes halogenated alkanes) is 8. The highest BCUT2D eigenvalue weighted by Gasteiger charge is 2.15. The molecular weight excluding hydrogens is 400 g/mol. The van der Waals surface area contributed by atoms with Gasteiger partial charge in [0.05, 0.1) is 13.2 Å². The van der Waals surface area contributed by atoms with Crippen molar-refractivity contribution in [3.63, 3.8) is 0 Å². The Morgan fingerprint density at radius 3 is 1.81 bits per heavy atom. The highest BCUT2D eigenvalue weighted by atomic mass is 16.7. The number of hydrogen-bond acceptors (Lipinski definition) is 4. The number of rotatable bonds is 15. The average molecular weight is 441 g/mol. The fraction of sp³-hybridized carbons (Fsp3) is 0.571. The van der Waals surface area contributed by atoms with Gasteiger partial charge >= 0.3 is 0 Å². The lowest BCUT2D eigenvalue weighted by Gasteiger charge is -2.23. The Morgan fingerprint density at radius 1 is 0.688 bits per heavy atom. The van der Waals surface area contributed by atoms with Gasteiger partial charge in [-0.3, -0.25) is 0 Å². The molecule has 4 nitrogen and oxygen atoms in total. The third-order valence-corrected chi connectivity index (χ3v) is 6.02. The van der Waals surface area contributed by atoms with Gasteiger partial charge in [-0.25, -0.2) is 0 Å². The molecule has 0 aliphatic carbocycles. The van der Waals surface area contributed by atoms with Gasteiger partial charge < -0.3 is 19.3 Å². The predicted octanol–water partition coefficient (Wildman–Crippen LogP) is 7.14. The Kier molecular flexibility index (Phi) is 11.5. The minimum Gasteiger partial charge on any atom is -0.494 e. The summed E-state index contributed by atoms with van der Waals surface area (Å²) >= 11 is 0. The number of aliphatic hydroxyl groups is 1. The van der Waals surface area contributed by atoms with Gasteiger partial charge in [0.1, 0.15) is 11.5 Å². The molecule has 32 heavy (non-hydrogen) atoms. The Morgan fingerprint density at radius 2 is 1.25 bits per heavy atom. The van der Waals surface area contributed by atoms with Crippen molar-refractivity contribution in [2.45, 2.75) is 83.3 Å². The highest BCUT2D eigenvalue weighted by molar-refractivity contribution is 5.64. The SMILES string of the molecule is OCCCCCCCCCCCOc1ccc(-c2ccc(OC3CCCCO3)cc2)cc1. The standard InChI is InChI=1S/C28H40O4/c29-21-9-6-4-2-1-3-5-7-10-22-30-26-17-13-24(14-18-26)25-15-19-27(20-16-25)32-28-12-8-11-23-31-28/h13-20,28-29H,1-12,21-23H2. The molecule has 0 spiro atoms. The topological polar surface area (TPSA) is 47.9 Å². The van der Waals surface area contributed by atoms with Crippen molar-refractivity contribution in [2.24, 2.45) is 0 Å². The number of ether oxygens (including phenoxy) is 3. The second-order valence-electron chi connectivity index (χ2n) is 8.72. The molecule has 0 saturated carbocycles. The van der Waals surface area contributed by atoms with E-state index >= 15 is 0 Å². The monoisotopic (exact) mass is 440 g/mol. The van der Waals surface area contributed by atoms with E-state index in [1.165, 1.54) is 62.5 Å². The van der Waals surface area contributed by atoms with Gasteiger partial charge in [-0.05, 0) is 61.1 Å². The first-order chi connectivity index (χ1) is 15.8. The van der Waals surface area contributed by atoms with Gasteiger partial charge in [0.15, 0.2) is 6.29 Å². The van der Waals surface area contributed by atoms with Crippen LogP contribution in [0.15, 0.2) is 48.5 Å². The van der Waals surface area contributed by atoms with Crippen molar-refractivity contribution < 1.29 is 19.3 Å². The first kappa shape index (κ1) is 24.6. The van der Waals surface area contributed by atoms with Gasteiger partial charge in [0.2, 0.25) is 0 Å². The molecule has 1 N–H and O–H groups in total. The summed E-state index contributed by atoms with van der Waals surface area (Å²) in [5, 5.41) is 8.77. The molecule has 0 aromatic heterocycles. The highest BCUT2D eigenvalue weighted by Crippen LogP contribution is 2.26. The first-order valence-electron chi connectivity index (χ1n) is 12.6. The molecule has 3 rings (SSSR count). The van der Waals surface area contributed by atoms with E-state index in [1.54, 1.807) is 0 Å². The van der Waals surface area contributed by atoms with E-state index in [0.29, 0.717) is 6.61 Å². The van der Waals surface area contributed by atoms with E-state index in [2.05, 4.69) is 36.4 Å². The summed E-state index contributed by atoms with van der Waals surface area (Å²) in [4.78, 5) is 0. The Labute approximate surface area is 193 Å². The summed E-state index contributed by atoms with van der Waals surface area (Å²) in [6.45, 7) is 1.91. The van der Waals surface area contributed by atoms with Crippen molar-refractivity contribution in [1.29, 1.82) is 0 Å². The van der Waals surface area contributed by atoms with Crippen LogP contribution < -0.4 is 9.47 Å². The van der Waals surface area contributed by atoms with Crippen molar-refractivity contribution in [2.75, 3.05) is 19.8 Å². The third kappa shape index (κ3) is 9.22. The van der Waals surface area contributed by atoms with Crippen LogP contribution in [0, 0.1) is 0 Å². The van der Waals surface area contributed by atoms with Crippen molar-refractivity contribution in [1.82, 2.24) is 0 Å². The smallest absolute Gasteiger partial charge is 0.199 e. The van der Waals surface area contributed by atoms with Crippen LogP contribution in [-0.2, 0) is 4.74 Å². The molecule has 0 radical (unpaired) electrons. The fourth-order valence-electron chi connectivity index (χ4n) is 4.07. The average Bonchev–Trinajstić information content (AvgIpc) is 2.84. The number of aliphatic hydroxyl groups excluding tert-OH is 1. The largest absolute Gasteiger partial charge is 0.494 e. The van der Waals surface area contributed by atoms with Crippen LogP contribution in [0.5, 0.6) is 11.5 Å². The van der Waals surface area contributed by atoms with Crippen molar-refractivity contribution in [3.8, 4) is 22.6 Å². The van der Waals surface area contributed by atoms with Crippen molar-refractivity contribution in [3.05, 3.63) is 48.5 Å². The molecule has 176 valence electrons. The molecule has 4 heteroatoms. The molecule has 1 aliphatic heterocycles. The quantitative estimate of drug-likeness (QED) is 0.299. The Balaban J connectivity index is 1.29. The summed E-state index contributed by atoms with van der Waals surface area (Å²) in [6, 6.07) is 16.6. The molecule has 1 heterocycles. The van der Waals surface area contributed by atoms with Gasteiger partial charge in [-0.2, -0.15) is 0 Å². The summed E-state index contributed by atoms with van der Waals surface area (Å²) in [7, 11) is 0. The molecule has 0 bridgehead atoms. The first-order valence-corrected chi connectivity index (χ1v) is 12.6. The van der Waals surface area contributed by atoms with Gasteiger partial charge in [-0.1, -0.05) is 69.2 Å². The molecule has 2 aromatic rings. The van der Waals surface area contributed by atoms with E-state index in [4.69, 9.17) is 19.3 Å². The second kappa shape index (κ2) is 14.9. The molecule has 1 unspecified atom stereocenters. The van der Waals surface area contributed by atoms with Crippen LogP contribution in [-0.4, -0.2) is 31.2 Å². The minimum atomic E-state index is -0.103. The van der Waals surface area contributed by atoms with Crippen LogP contribution >= 0.6 is 0 Å². The maximum Gasteiger partial charge on any atom is 0.199 e. The lowest BCUT2D eigenvalue weighted by Crippen LogP contribution is -2.24. The van der Waals surface area contributed by atoms with E-state index in [9.17, 15) is 0 Å². The van der Waals surface area contributed by atoms with Crippen LogP contribution in [0.2, 0.25) is 0 Å². The van der Waals surface area contributed by atoms with Gasteiger partial charge in [0.25, 0.3) is 0 Å². The summed E-state index contributed by atoms with van der Waals surface area (Å²) in [5.41, 5.74) is 2.35. The lowest BCUT2D eigenvalue weighted by atomic mass is 10.1. The lowest BCUT2D eigenvalue weighted by molar-refractivity contribution is -0.105. The van der Waals surface area contributed by atoms with Gasteiger partial charge in [0, 0.05) is 13.0 Å². The zero-order valence-corrected chi connectivity index (χ0v) is 19.5. The summed E-state index contributed by atoms with van der Waals surface area (Å²) in [6.07, 6.45) is 14.1. The zero-order valence-electron chi connectivity index (χ0n) is 19.5. The second-order valence-corrected chi connectivity index (χ2v) is 8.72. The summed E-state index contributed by atoms with van der Waals surface area (Å²) < 4.78 is 17.5. The van der Waals surface area contributed by atoms with E-state index in [0.717, 1.165) is 50.4 Å². The third-order valence-electron chi connectivity index (χ3n) is 6.02. The summed E-state index contributed by atoms with van der Waals surface area (Å²) in [5.74, 6) is 1.80. The van der Waals surface area contributed by atoms with Gasteiger partial charge in [-0.15, -0.1) is 0 Å². The van der Waals surface area contributed by atoms with Crippen LogP contribution in [0.25, 0.3) is 11.1 Å². The maximum absolute atomic E-state index is 8.77. The molecule has 0 amide bonds. The fourth-order valence-corrected chi connectivity index (χ4v) is 4.07. The van der Waals surface area contributed by atoms with Crippen LogP contribution in [0.3, 0.4) is 0 Å². The Hall–Kier alpha value is -2.04. The normalized spacial score (nSPS) is 16.1. The van der Waals surface area contributed by atoms with Crippen LogP contribution in [0.1, 0.15) is 77.0 Å². The van der Waals surface area contributed by atoms with E-state index in [-0.39, 0.29) is 6.29 Å². The minimum absolute atomic E-state index is 0.103. The molecule has 1 fully saturated rings. The Bertz CT molecular complexity index is 720. The zero-order chi connectivity index (χ0) is 22.3. The predicted molar refractivity (Wildman–Crippen MR) is 130 cm³/mol. The maximum atomic E-state index is 8.77. The molecule has 2 aromatic carbocycles. The number of benzene rings is 2. The van der Waals surface area contributed by atoms with E-state index < -0.39 is 0 Å². The molecule has 1 atom stereocenters. The molecule has 1 saturated heterocycles. The number of hydrogen-bond donors (Lipinski definition) is 1. The molecule has 1 aliphatic rings.